The molecule has 0 aromatic heterocycles. The van der Waals surface area contributed by atoms with Crippen molar-refractivity contribution in [2.45, 2.75) is 19.4 Å². The normalized spacial score (nSPS) is 22.1. The topological polar surface area (TPSA) is 52.6 Å². The monoisotopic (exact) mass is 258 g/mol. The Kier molecular flexibility index (Phi) is 2.75. The van der Waals surface area contributed by atoms with Gasteiger partial charge in [-0.1, -0.05) is 12.1 Å². The van der Waals surface area contributed by atoms with Crippen molar-refractivity contribution in [3.05, 3.63) is 40.5 Å². The predicted molar refractivity (Wildman–Crippen MR) is 68.7 cm³/mol. The van der Waals surface area contributed by atoms with E-state index >= 15 is 0 Å². The molecule has 0 spiro atoms. The molecule has 0 N–H and O–H groups in total. The molecule has 98 valence electrons. The molecule has 3 rings (SSSR count). The number of rotatable bonds is 1. The van der Waals surface area contributed by atoms with E-state index in [0.717, 1.165) is 0 Å². The van der Waals surface area contributed by atoms with Crippen LogP contribution in [0.4, 0.5) is 0 Å². The highest BCUT2D eigenvalue weighted by Crippen LogP contribution is 2.36. The average Bonchev–Trinajstić information content (AvgIpc) is 2.43. The first-order chi connectivity index (χ1) is 9.13. The Morgan fingerprint density at radius 1 is 1.21 bits per heavy atom. The van der Waals surface area contributed by atoms with Crippen molar-refractivity contribution < 1.29 is 19.1 Å². The van der Waals surface area contributed by atoms with E-state index in [1.165, 1.54) is 7.11 Å². The van der Waals surface area contributed by atoms with Gasteiger partial charge in [0.25, 0.3) is 0 Å². The second kappa shape index (κ2) is 4.31. The minimum absolute atomic E-state index is 0.0253. The van der Waals surface area contributed by atoms with E-state index in [0.29, 0.717) is 34.4 Å². The van der Waals surface area contributed by atoms with Gasteiger partial charge < -0.3 is 9.47 Å². The molecule has 0 radical (unpaired) electrons. The van der Waals surface area contributed by atoms with Gasteiger partial charge in [0, 0.05) is 23.1 Å². The lowest BCUT2D eigenvalue weighted by Gasteiger charge is -2.28. The molecule has 1 aliphatic heterocycles. The van der Waals surface area contributed by atoms with Crippen LogP contribution in [0.5, 0.6) is 5.75 Å². The van der Waals surface area contributed by atoms with Gasteiger partial charge in [-0.3, -0.25) is 9.59 Å². The van der Waals surface area contributed by atoms with E-state index in [1.807, 2.05) is 6.92 Å². The van der Waals surface area contributed by atoms with E-state index in [2.05, 4.69) is 0 Å². The lowest BCUT2D eigenvalue weighted by Crippen LogP contribution is -2.31. The Morgan fingerprint density at radius 3 is 2.74 bits per heavy atom. The maximum absolute atomic E-state index is 12.5. The van der Waals surface area contributed by atoms with E-state index in [1.54, 1.807) is 18.2 Å². The fourth-order valence-electron chi connectivity index (χ4n) is 2.65. The summed E-state index contributed by atoms with van der Waals surface area (Å²) in [5.41, 5.74) is 1.90. The highest BCUT2D eigenvalue weighted by molar-refractivity contribution is 6.28. The van der Waals surface area contributed by atoms with Crippen molar-refractivity contribution in [3.63, 3.8) is 0 Å². The number of Topliss-reactive ketones (excluding diaryl/α,β-unsaturated/α-hetero) is 2. The summed E-state index contributed by atoms with van der Waals surface area (Å²) in [4.78, 5) is 25.0. The molecule has 1 atom stereocenters. The van der Waals surface area contributed by atoms with Crippen LogP contribution in [0, 0.1) is 0 Å². The Hall–Kier alpha value is -1.94. The zero-order chi connectivity index (χ0) is 13.6. The summed E-state index contributed by atoms with van der Waals surface area (Å²) < 4.78 is 10.7. The third-order valence-corrected chi connectivity index (χ3v) is 3.63. The van der Waals surface area contributed by atoms with Gasteiger partial charge in [0.2, 0.25) is 0 Å². The number of carbonyl (C=O) groups is 2. The molecule has 0 saturated heterocycles. The summed E-state index contributed by atoms with van der Waals surface area (Å²) in [7, 11) is 1.50. The van der Waals surface area contributed by atoms with Crippen LogP contribution in [-0.2, 0) is 4.74 Å². The molecule has 4 nitrogen and oxygen atoms in total. The van der Waals surface area contributed by atoms with Crippen LogP contribution in [-0.4, -0.2) is 31.4 Å². The molecular formula is C15H14O4. The van der Waals surface area contributed by atoms with Crippen LogP contribution in [0.25, 0.3) is 0 Å². The van der Waals surface area contributed by atoms with Crippen LogP contribution in [0.2, 0.25) is 0 Å². The molecule has 1 heterocycles. The molecular weight excluding hydrogens is 244 g/mol. The Labute approximate surface area is 111 Å². The van der Waals surface area contributed by atoms with Gasteiger partial charge in [-0.25, -0.2) is 0 Å². The first kappa shape index (κ1) is 12.1. The average molecular weight is 258 g/mol. The summed E-state index contributed by atoms with van der Waals surface area (Å²) in [6, 6.07) is 5.11. The van der Waals surface area contributed by atoms with Gasteiger partial charge in [0.05, 0.1) is 25.4 Å². The van der Waals surface area contributed by atoms with Crippen molar-refractivity contribution in [2.24, 2.45) is 0 Å². The molecule has 4 heteroatoms. The SMILES string of the molecule is COc1cccc2c1C(=O)C1=C(CC(C)OC1)C2=O. The quantitative estimate of drug-likeness (QED) is 0.774. The molecule has 1 aromatic rings. The fourth-order valence-corrected chi connectivity index (χ4v) is 2.65. The molecule has 1 unspecified atom stereocenters. The molecule has 19 heavy (non-hydrogen) atoms. The van der Waals surface area contributed by atoms with Gasteiger partial charge in [-0.15, -0.1) is 0 Å². The van der Waals surface area contributed by atoms with Crippen LogP contribution in [0.15, 0.2) is 29.3 Å². The zero-order valence-electron chi connectivity index (χ0n) is 10.9. The fraction of sp³-hybridized carbons (Fsp3) is 0.333. The number of carbonyl (C=O) groups excluding carboxylic acids is 2. The maximum atomic E-state index is 12.5. The van der Waals surface area contributed by atoms with Gasteiger partial charge >= 0.3 is 0 Å². The number of ether oxygens (including phenoxy) is 2. The highest BCUT2D eigenvalue weighted by Gasteiger charge is 2.37. The standard InChI is InChI=1S/C15H14O4/c1-8-6-10-11(7-19-8)15(17)13-9(14(10)16)4-3-5-12(13)18-2/h3-5,8H,6-7H2,1-2H3. The molecule has 2 aliphatic rings. The third-order valence-electron chi connectivity index (χ3n) is 3.63. The number of hydrogen-bond donors (Lipinski definition) is 0. The first-order valence-corrected chi connectivity index (χ1v) is 6.23. The van der Waals surface area contributed by atoms with Crippen LogP contribution >= 0.6 is 0 Å². The number of methoxy groups -OCH3 is 1. The second-order valence-corrected chi connectivity index (χ2v) is 4.82. The van der Waals surface area contributed by atoms with Crippen molar-refractivity contribution >= 4 is 11.6 Å². The number of ketones is 2. The van der Waals surface area contributed by atoms with Crippen LogP contribution in [0.3, 0.4) is 0 Å². The summed E-state index contributed by atoms with van der Waals surface area (Å²) in [5, 5.41) is 0. The van der Waals surface area contributed by atoms with Crippen LogP contribution < -0.4 is 4.74 Å². The van der Waals surface area contributed by atoms with Crippen molar-refractivity contribution in [1.29, 1.82) is 0 Å². The summed E-state index contributed by atoms with van der Waals surface area (Å²) in [5.74, 6) is 0.230. The Morgan fingerprint density at radius 2 is 2.00 bits per heavy atom. The minimum atomic E-state index is -0.144. The van der Waals surface area contributed by atoms with Gasteiger partial charge in [-0.05, 0) is 13.0 Å². The molecule has 0 fully saturated rings. The van der Waals surface area contributed by atoms with E-state index in [9.17, 15) is 9.59 Å². The lowest BCUT2D eigenvalue weighted by atomic mass is 9.81. The lowest BCUT2D eigenvalue weighted by molar-refractivity contribution is 0.0615. The second-order valence-electron chi connectivity index (χ2n) is 4.82. The number of benzene rings is 1. The van der Waals surface area contributed by atoms with E-state index in [4.69, 9.17) is 9.47 Å². The summed E-state index contributed by atoms with van der Waals surface area (Å²) >= 11 is 0. The van der Waals surface area contributed by atoms with Crippen LogP contribution in [0.1, 0.15) is 34.1 Å². The smallest absolute Gasteiger partial charge is 0.196 e. The molecule has 1 aromatic carbocycles. The van der Waals surface area contributed by atoms with E-state index < -0.39 is 0 Å². The van der Waals surface area contributed by atoms with Crippen molar-refractivity contribution in [1.82, 2.24) is 0 Å². The Bertz CT molecular complexity index is 613. The number of fused-ring (bicyclic) bond motifs is 1. The van der Waals surface area contributed by atoms with Gasteiger partial charge in [0.15, 0.2) is 11.6 Å². The zero-order valence-corrected chi connectivity index (χ0v) is 10.9. The molecule has 0 saturated carbocycles. The minimum Gasteiger partial charge on any atom is -0.496 e. The Balaban J connectivity index is 2.19. The first-order valence-electron chi connectivity index (χ1n) is 6.23. The van der Waals surface area contributed by atoms with Crippen molar-refractivity contribution in [3.8, 4) is 5.75 Å². The molecule has 0 bridgehead atoms. The largest absolute Gasteiger partial charge is 0.496 e. The maximum Gasteiger partial charge on any atom is 0.196 e. The van der Waals surface area contributed by atoms with E-state index in [-0.39, 0.29) is 24.3 Å². The third kappa shape index (κ3) is 1.71. The van der Waals surface area contributed by atoms with Crippen molar-refractivity contribution in [2.75, 3.05) is 13.7 Å². The van der Waals surface area contributed by atoms with Gasteiger partial charge in [0.1, 0.15) is 5.75 Å². The molecule has 0 amide bonds. The van der Waals surface area contributed by atoms with Gasteiger partial charge in [-0.2, -0.15) is 0 Å². The molecule has 1 aliphatic carbocycles. The number of hydrogen-bond acceptors (Lipinski definition) is 4. The summed E-state index contributed by atoms with van der Waals surface area (Å²) in [6.07, 6.45) is 0.471. The summed E-state index contributed by atoms with van der Waals surface area (Å²) in [6.45, 7) is 2.11. The predicted octanol–water partition coefficient (Wildman–Crippen LogP) is 2.18. The highest BCUT2D eigenvalue weighted by atomic mass is 16.5.